The smallest absolute Gasteiger partial charge is 0.231 e. The van der Waals surface area contributed by atoms with Crippen molar-refractivity contribution in [1.29, 1.82) is 0 Å². The molecule has 98 valence electrons. The molecule has 1 aliphatic rings. The normalized spacial score (nSPS) is 12.5. The van der Waals surface area contributed by atoms with Crippen molar-refractivity contribution in [1.82, 2.24) is 0 Å². The average molecular weight is 277 g/mol. The van der Waals surface area contributed by atoms with Crippen LogP contribution >= 0.6 is 11.6 Å². The van der Waals surface area contributed by atoms with E-state index in [4.69, 9.17) is 26.8 Å². The van der Waals surface area contributed by atoms with Gasteiger partial charge in [-0.2, -0.15) is 0 Å². The summed E-state index contributed by atoms with van der Waals surface area (Å²) >= 11 is 5.94. The second-order valence-electron chi connectivity index (χ2n) is 4.27. The zero-order chi connectivity index (χ0) is 13.2. The van der Waals surface area contributed by atoms with Gasteiger partial charge in [0.05, 0.1) is 11.4 Å². The van der Waals surface area contributed by atoms with Crippen LogP contribution in [0.4, 0.5) is 11.4 Å². The fourth-order valence-corrected chi connectivity index (χ4v) is 2.10. The van der Waals surface area contributed by atoms with Gasteiger partial charge in [-0.05, 0) is 35.9 Å². The number of hydrogen-bond acceptors (Lipinski definition) is 4. The summed E-state index contributed by atoms with van der Waals surface area (Å²) in [6.07, 6.45) is 0. The third kappa shape index (κ3) is 2.53. The first-order valence-corrected chi connectivity index (χ1v) is 6.27. The first-order chi connectivity index (χ1) is 9.22. The highest BCUT2D eigenvalue weighted by Crippen LogP contribution is 2.33. The van der Waals surface area contributed by atoms with Crippen LogP contribution in [0.1, 0.15) is 5.56 Å². The molecule has 4 nitrogen and oxygen atoms in total. The number of anilines is 2. The quantitative estimate of drug-likeness (QED) is 0.845. The second-order valence-corrected chi connectivity index (χ2v) is 4.71. The molecule has 0 aliphatic carbocycles. The van der Waals surface area contributed by atoms with Crippen molar-refractivity contribution < 1.29 is 9.47 Å². The van der Waals surface area contributed by atoms with Crippen molar-refractivity contribution in [2.75, 3.05) is 17.8 Å². The van der Waals surface area contributed by atoms with Gasteiger partial charge in [-0.1, -0.05) is 17.7 Å². The largest absolute Gasteiger partial charge is 0.454 e. The average Bonchev–Trinajstić information content (AvgIpc) is 2.87. The van der Waals surface area contributed by atoms with Crippen molar-refractivity contribution in [3.63, 3.8) is 0 Å². The highest BCUT2D eigenvalue weighted by atomic mass is 35.5. The number of benzene rings is 2. The van der Waals surface area contributed by atoms with Crippen LogP contribution in [0.5, 0.6) is 11.5 Å². The van der Waals surface area contributed by atoms with Crippen molar-refractivity contribution in [3.05, 3.63) is 47.0 Å². The second kappa shape index (κ2) is 4.90. The van der Waals surface area contributed by atoms with Gasteiger partial charge in [-0.3, -0.25) is 0 Å². The Labute approximate surface area is 116 Å². The van der Waals surface area contributed by atoms with Gasteiger partial charge >= 0.3 is 0 Å². The van der Waals surface area contributed by atoms with E-state index in [1.165, 1.54) is 0 Å². The highest BCUT2D eigenvalue weighted by molar-refractivity contribution is 6.31. The molecule has 0 unspecified atom stereocenters. The molecular formula is C14H13ClN2O2. The molecule has 2 aromatic rings. The van der Waals surface area contributed by atoms with Gasteiger partial charge in [-0.25, -0.2) is 0 Å². The molecule has 0 spiro atoms. The monoisotopic (exact) mass is 276 g/mol. The summed E-state index contributed by atoms with van der Waals surface area (Å²) in [5.41, 5.74) is 8.46. The molecule has 0 amide bonds. The maximum absolute atomic E-state index is 5.94. The van der Waals surface area contributed by atoms with Crippen LogP contribution in [0.2, 0.25) is 5.02 Å². The van der Waals surface area contributed by atoms with E-state index in [9.17, 15) is 0 Å². The molecule has 5 heteroatoms. The molecule has 0 radical (unpaired) electrons. The molecule has 0 aromatic heterocycles. The SMILES string of the molecule is Nc1ccc(Cl)cc1NCc1ccc2c(c1)OCO2. The minimum atomic E-state index is 0.285. The number of nitrogens with two attached hydrogens (primary N) is 1. The van der Waals surface area contributed by atoms with Crippen LogP contribution in [0.15, 0.2) is 36.4 Å². The Morgan fingerprint density at radius 2 is 1.95 bits per heavy atom. The molecule has 0 bridgehead atoms. The van der Waals surface area contributed by atoms with Crippen molar-refractivity contribution >= 4 is 23.0 Å². The summed E-state index contributed by atoms with van der Waals surface area (Å²) in [6.45, 7) is 0.925. The van der Waals surface area contributed by atoms with Crippen molar-refractivity contribution in [2.24, 2.45) is 0 Å². The number of rotatable bonds is 3. The number of nitrogens with one attached hydrogen (secondary N) is 1. The van der Waals surface area contributed by atoms with Crippen LogP contribution < -0.4 is 20.5 Å². The predicted octanol–water partition coefficient (Wildman–Crippen LogP) is 3.26. The lowest BCUT2D eigenvalue weighted by molar-refractivity contribution is 0.174. The lowest BCUT2D eigenvalue weighted by Gasteiger charge is -2.10. The van der Waals surface area contributed by atoms with Crippen LogP contribution in [-0.4, -0.2) is 6.79 Å². The van der Waals surface area contributed by atoms with E-state index >= 15 is 0 Å². The molecule has 3 rings (SSSR count). The molecule has 2 aromatic carbocycles. The Morgan fingerprint density at radius 1 is 1.11 bits per heavy atom. The predicted molar refractivity (Wildman–Crippen MR) is 75.8 cm³/mol. The van der Waals surface area contributed by atoms with E-state index in [2.05, 4.69) is 5.32 Å². The Hall–Kier alpha value is -2.07. The maximum atomic E-state index is 5.94. The molecule has 0 fully saturated rings. The van der Waals surface area contributed by atoms with Gasteiger partial charge in [0.2, 0.25) is 6.79 Å². The van der Waals surface area contributed by atoms with Gasteiger partial charge < -0.3 is 20.5 Å². The Morgan fingerprint density at radius 3 is 2.84 bits per heavy atom. The van der Waals surface area contributed by atoms with Gasteiger partial charge in [0, 0.05) is 11.6 Å². The third-order valence-electron chi connectivity index (χ3n) is 2.94. The Balaban J connectivity index is 1.74. The summed E-state index contributed by atoms with van der Waals surface area (Å²) < 4.78 is 10.6. The van der Waals surface area contributed by atoms with E-state index in [1.807, 2.05) is 24.3 Å². The number of ether oxygens (including phenoxy) is 2. The fraction of sp³-hybridized carbons (Fsp3) is 0.143. The summed E-state index contributed by atoms with van der Waals surface area (Å²) in [5, 5.41) is 3.91. The number of halogens is 1. The highest BCUT2D eigenvalue weighted by Gasteiger charge is 2.13. The number of nitrogen functional groups attached to an aromatic ring is 1. The molecule has 0 atom stereocenters. The lowest BCUT2D eigenvalue weighted by atomic mass is 10.2. The first kappa shape index (κ1) is 12.0. The van der Waals surface area contributed by atoms with Crippen LogP contribution in [-0.2, 0) is 6.54 Å². The standard InChI is InChI=1S/C14H13ClN2O2/c15-10-2-3-11(16)12(6-10)17-7-9-1-4-13-14(5-9)19-8-18-13/h1-6,17H,7-8,16H2. The molecule has 1 aliphatic heterocycles. The topological polar surface area (TPSA) is 56.5 Å². The zero-order valence-electron chi connectivity index (χ0n) is 10.2. The molecular weight excluding hydrogens is 264 g/mol. The molecule has 0 saturated heterocycles. The number of hydrogen-bond donors (Lipinski definition) is 2. The van der Waals surface area contributed by atoms with E-state index in [0.717, 1.165) is 22.7 Å². The van der Waals surface area contributed by atoms with E-state index < -0.39 is 0 Å². The van der Waals surface area contributed by atoms with Crippen LogP contribution in [0, 0.1) is 0 Å². The Bertz CT molecular complexity index is 616. The summed E-state index contributed by atoms with van der Waals surface area (Å²) in [6, 6.07) is 11.2. The molecule has 1 heterocycles. The minimum absolute atomic E-state index is 0.285. The van der Waals surface area contributed by atoms with E-state index in [1.54, 1.807) is 12.1 Å². The molecule has 0 saturated carbocycles. The van der Waals surface area contributed by atoms with Crippen molar-refractivity contribution in [2.45, 2.75) is 6.54 Å². The molecule has 3 N–H and O–H groups in total. The fourth-order valence-electron chi connectivity index (χ4n) is 1.93. The maximum Gasteiger partial charge on any atom is 0.231 e. The first-order valence-electron chi connectivity index (χ1n) is 5.90. The van der Waals surface area contributed by atoms with E-state index in [0.29, 0.717) is 17.3 Å². The summed E-state index contributed by atoms with van der Waals surface area (Å²) in [7, 11) is 0. The molecule has 19 heavy (non-hydrogen) atoms. The van der Waals surface area contributed by atoms with Crippen molar-refractivity contribution in [3.8, 4) is 11.5 Å². The Kier molecular flexibility index (Phi) is 3.09. The van der Waals surface area contributed by atoms with Crippen LogP contribution in [0.3, 0.4) is 0 Å². The van der Waals surface area contributed by atoms with E-state index in [-0.39, 0.29) is 6.79 Å². The minimum Gasteiger partial charge on any atom is -0.454 e. The lowest BCUT2D eigenvalue weighted by Crippen LogP contribution is -2.02. The summed E-state index contributed by atoms with van der Waals surface area (Å²) in [5.74, 6) is 1.56. The van der Waals surface area contributed by atoms with Gasteiger partial charge in [0.15, 0.2) is 11.5 Å². The van der Waals surface area contributed by atoms with Gasteiger partial charge in [0.25, 0.3) is 0 Å². The zero-order valence-corrected chi connectivity index (χ0v) is 10.9. The summed E-state index contributed by atoms with van der Waals surface area (Å²) in [4.78, 5) is 0. The van der Waals surface area contributed by atoms with Gasteiger partial charge in [0.1, 0.15) is 0 Å². The third-order valence-corrected chi connectivity index (χ3v) is 3.17. The van der Waals surface area contributed by atoms with Gasteiger partial charge in [-0.15, -0.1) is 0 Å². The number of fused-ring (bicyclic) bond motifs is 1. The van der Waals surface area contributed by atoms with Crippen LogP contribution in [0.25, 0.3) is 0 Å².